The first kappa shape index (κ1) is 13.8. The van der Waals surface area contributed by atoms with Gasteiger partial charge in [0, 0.05) is 18.2 Å². The number of nitrogens with one attached hydrogen (secondary N) is 1. The van der Waals surface area contributed by atoms with Crippen LogP contribution in [0.3, 0.4) is 0 Å². The number of hydrogen-bond donors (Lipinski definition) is 1. The van der Waals surface area contributed by atoms with Gasteiger partial charge in [-0.2, -0.15) is 5.26 Å². The standard InChI is InChI=1S/C12H14N2O4/c1-17-11(15)4-3-8-7-14-10(6-13)9(8)5-12(16)18-2/h7,14H,3-5H2,1-2H3/i9+1. The number of methoxy groups -OCH3 is 2. The van der Waals surface area contributed by atoms with Crippen molar-refractivity contribution < 1.29 is 19.1 Å². The third-order valence-corrected chi connectivity index (χ3v) is 2.57. The molecule has 6 heteroatoms. The lowest BCUT2D eigenvalue weighted by Gasteiger charge is -2.03. The Morgan fingerprint density at radius 1 is 1.33 bits per heavy atom. The van der Waals surface area contributed by atoms with E-state index in [2.05, 4.69) is 14.5 Å². The van der Waals surface area contributed by atoms with Crippen LogP contribution in [-0.2, 0) is 31.9 Å². The summed E-state index contributed by atoms with van der Waals surface area (Å²) >= 11 is 0. The lowest BCUT2D eigenvalue weighted by Crippen LogP contribution is -2.08. The molecule has 18 heavy (non-hydrogen) atoms. The van der Waals surface area contributed by atoms with Crippen molar-refractivity contribution >= 4 is 11.9 Å². The van der Waals surface area contributed by atoms with E-state index in [4.69, 9.17) is 5.26 Å². The number of aromatic amines is 1. The molecule has 96 valence electrons. The number of rotatable bonds is 5. The van der Waals surface area contributed by atoms with Gasteiger partial charge < -0.3 is 14.5 Å². The maximum absolute atomic E-state index is 11.3. The zero-order valence-electron chi connectivity index (χ0n) is 10.3. The fourth-order valence-corrected chi connectivity index (χ4v) is 1.57. The Bertz CT molecular complexity index is 485. The predicted octanol–water partition coefficient (Wildman–Crippen LogP) is 0.707. The van der Waals surface area contributed by atoms with E-state index in [1.807, 2.05) is 6.07 Å². The second-order valence-electron chi connectivity index (χ2n) is 3.61. The summed E-state index contributed by atoms with van der Waals surface area (Å²) in [7, 11) is 2.60. The molecule has 0 radical (unpaired) electrons. The molecule has 1 aromatic heterocycles. The maximum Gasteiger partial charge on any atom is 0.310 e. The average molecular weight is 251 g/mol. The van der Waals surface area contributed by atoms with E-state index in [0.717, 1.165) is 5.56 Å². The summed E-state index contributed by atoms with van der Waals surface area (Å²) < 4.78 is 9.11. The highest BCUT2D eigenvalue weighted by Gasteiger charge is 2.16. The molecule has 0 bridgehead atoms. The number of nitrogens with zero attached hydrogens (tertiary/aromatic N) is 1. The van der Waals surface area contributed by atoms with Gasteiger partial charge in [0.15, 0.2) is 0 Å². The van der Waals surface area contributed by atoms with E-state index < -0.39 is 5.97 Å². The number of nitriles is 1. The number of carbonyl (C=O) groups excluding carboxylic acids is 2. The van der Waals surface area contributed by atoms with Crippen LogP contribution in [-0.4, -0.2) is 31.1 Å². The molecule has 1 rings (SSSR count). The van der Waals surface area contributed by atoms with E-state index in [0.29, 0.717) is 17.7 Å². The minimum absolute atomic E-state index is 0.0133. The summed E-state index contributed by atoms with van der Waals surface area (Å²) in [5, 5.41) is 8.92. The van der Waals surface area contributed by atoms with Crippen molar-refractivity contribution in [1.29, 1.82) is 5.26 Å². The van der Waals surface area contributed by atoms with Crippen molar-refractivity contribution in [3.05, 3.63) is 23.0 Å². The number of H-pyrrole nitrogens is 1. The normalized spacial score (nSPS) is 9.61. The zero-order valence-corrected chi connectivity index (χ0v) is 10.3. The number of hydrogen-bond acceptors (Lipinski definition) is 5. The minimum Gasteiger partial charge on any atom is -0.469 e. The zero-order chi connectivity index (χ0) is 13.5. The third kappa shape index (κ3) is 3.35. The van der Waals surface area contributed by atoms with Gasteiger partial charge in [-0.15, -0.1) is 0 Å². The van der Waals surface area contributed by atoms with Crippen molar-refractivity contribution in [1.82, 2.24) is 4.98 Å². The topological polar surface area (TPSA) is 92.2 Å². The molecule has 0 aliphatic carbocycles. The number of ether oxygens (including phenoxy) is 2. The molecule has 0 aromatic carbocycles. The highest BCUT2D eigenvalue weighted by Crippen LogP contribution is 2.17. The van der Waals surface area contributed by atoms with Gasteiger partial charge in [-0.25, -0.2) is 0 Å². The van der Waals surface area contributed by atoms with Crippen LogP contribution in [0, 0.1) is 11.3 Å². The summed E-state index contributed by atoms with van der Waals surface area (Å²) in [6.45, 7) is 0. The fraction of sp³-hybridized carbons (Fsp3) is 0.417. The van der Waals surface area contributed by atoms with Crippen molar-refractivity contribution in [2.45, 2.75) is 19.3 Å². The van der Waals surface area contributed by atoms with Gasteiger partial charge in [0.05, 0.1) is 20.6 Å². The van der Waals surface area contributed by atoms with Gasteiger partial charge >= 0.3 is 11.9 Å². The first-order valence-corrected chi connectivity index (χ1v) is 5.35. The first-order chi connectivity index (χ1) is 8.62. The van der Waals surface area contributed by atoms with Crippen LogP contribution in [0.25, 0.3) is 0 Å². The second kappa shape index (κ2) is 6.45. The van der Waals surface area contributed by atoms with E-state index in [1.165, 1.54) is 14.2 Å². The number of aryl methyl sites for hydroxylation is 1. The Hall–Kier alpha value is -2.29. The maximum atomic E-state index is 11.3. The molecule has 0 saturated carbocycles. The Labute approximate surface area is 105 Å². The average Bonchev–Trinajstić information content (AvgIpc) is 2.77. The van der Waals surface area contributed by atoms with Gasteiger partial charge in [-0.1, -0.05) is 0 Å². The Balaban J connectivity index is 2.85. The van der Waals surface area contributed by atoms with Gasteiger partial charge in [0.2, 0.25) is 0 Å². The van der Waals surface area contributed by atoms with Crippen molar-refractivity contribution in [3.63, 3.8) is 0 Å². The quantitative estimate of drug-likeness (QED) is 0.778. The summed E-state index contributed by atoms with van der Waals surface area (Å²) in [4.78, 5) is 25.1. The summed E-state index contributed by atoms with van der Waals surface area (Å²) in [5.41, 5.74) is 1.65. The highest BCUT2D eigenvalue weighted by molar-refractivity contribution is 5.74. The third-order valence-electron chi connectivity index (χ3n) is 2.57. The number of carbonyl (C=O) groups is 2. The van der Waals surface area contributed by atoms with E-state index in [-0.39, 0.29) is 18.8 Å². The molecule has 0 spiro atoms. The van der Waals surface area contributed by atoms with Crippen molar-refractivity contribution in [3.8, 4) is 6.07 Å². The molecular formula is C12H14N2O4. The molecule has 1 heterocycles. The van der Waals surface area contributed by atoms with Crippen LogP contribution in [0.1, 0.15) is 23.2 Å². The first-order valence-electron chi connectivity index (χ1n) is 5.35. The molecule has 0 aliphatic rings. The molecule has 0 amide bonds. The minimum atomic E-state index is -0.426. The van der Waals surface area contributed by atoms with E-state index in [9.17, 15) is 9.59 Å². The molecule has 0 fully saturated rings. The van der Waals surface area contributed by atoms with Crippen LogP contribution >= 0.6 is 0 Å². The van der Waals surface area contributed by atoms with Gasteiger partial charge in [-0.3, -0.25) is 9.59 Å². The lowest BCUT2D eigenvalue weighted by molar-refractivity contribution is -0.140. The molecule has 0 aliphatic heterocycles. The summed E-state index contributed by atoms with van der Waals surface area (Å²) in [5.74, 6) is -0.760. The summed E-state index contributed by atoms with van der Waals surface area (Å²) in [6.07, 6.45) is 2.25. The second-order valence-corrected chi connectivity index (χ2v) is 3.61. The Morgan fingerprint density at radius 2 is 2.00 bits per heavy atom. The Kier molecular flexibility index (Phi) is 4.93. The lowest BCUT2D eigenvalue weighted by atomic mass is 10.2. The van der Waals surface area contributed by atoms with Gasteiger partial charge in [-0.05, 0) is 12.0 Å². The largest absolute Gasteiger partial charge is 0.469 e. The number of aromatic nitrogens is 1. The van der Waals surface area contributed by atoms with Crippen molar-refractivity contribution in [2.75, 3.05) is 14.2 Å². The number of esters is 2. The molecule has 1 N–H and O–H groups in total. The van der Waals surface area contributed by atoms with E-state index >= 15 is 0 Å². The molecular weight excluding hydrogens is 237 g/mol. The van der Waals surface area contributed by atoms with Crippen LogP contribution in [0.5, 0.6) is 0 Å². The van der Waals surface area contributed by atoms with Crippen LogP contribution in [0.15, 0.2) is 6.20 Å². The molecule has 1 aromatic rings. The highest BCUT2D eigenvalue weighted by atomic mass is 16.5. The summed E-state index contributed by atoms with van der Waals surface area (Å²) in [6, 6.07) is 1.97. The van der Waals surface area contributed by atoms with Crippen LogP contribution in [0.4, 0.5) is 0 Å². The van der Waals surface area contributed by atoms with E-state index in [1.54, 1.807) is 6.20 Å². The van der Waals surface area contributed by atoms with Crippen LogP contribution < -0.4 is 0 Å². The fourth-order valence-electron chi connectivity index (χ4n) is 1.57. The Morgan fingerprint density at radius 3 is 2.56 bits per heavy atom. The molecule has 0 atom stereocenters. The van der Waals surface area contributed by atoms with Crippen LogP contribution in [0.2, 0.25) is 0 Å². The monoisotopic (exact) mass is 251 g/mol. The van der Waals surface area contributed by atoms with Crippen molar-refractivity contribution in [2.24, 2.45) is 0 Å². The SMILES string of the molecule is COC(=O)CCc1c[nH]c(C#N)[13c]1CC(=O)OC. The predicted molar refractivity (Wildman–Crippen MR) is 61.6 cm³/mol. The smallest absolute Gasteiger partial charge is 0.310 e. The molecule has 0 unspecified atom stereocenters. The molecule has 0 saturated heterocycles. The van der Waals surface area contributed by atoms with Gasteiger partial charge in [0.25, 0.3) is 0 Å². The van der Waals surface area contributed by atoms with Gasteiger partial charge in [0.1, 0.15) is 11.8 Å². The molecule has 6 nitrogen and oxygen atoms in total.